The third kappa shape index (κ3) is 4.33. The molecule has 150 valence electrons. The van der Waals surface area contributed by atoms with E-state index in [1.807, 2.05) is 12.1 Å². The van der Waals surface area contributed by atoms with Crippen LogP contribution in [0.15, 0.2) is 77.7 Å². The number of nitrogens with zero attached hydrogens (tertiary/aromatic N) is 1. The van der Waals surface area contributed by atoms with E-state index < -0.39 is 15.8 Å². The van der Waals surface area contributed by atoms with E-state index in [0.717, 1.165) is 25.0 Å². The molecule has 1 aliphatic rings. The molecule has 0 saturated carbocycles. The van der Waals surface area contributed by atoms with Crippen LogP contribution in [-0.2, 0) is 22.9 Å². The largest absolute Gasteiger partial charge is 0.341 e. The van der Waals surface area contributed by atoms with Gasteiger partial charge in [0.2, 0.25) is 10.0 Å². The lowest BCUT2D eigenvalue weighted by molar-refractivity contribution is 0.578. The van der Waals surface area contributed by atoms with Crippen LogP contribution in [0.2, 0.25) is 0 Å². The fourth-order valence-electron chi connectivity index (χ4n) is 3.75. The van der Waals surface area contributed by atoms with E-state index in [4.69, 9.17) is 0 Å². The molecule has 4 rings (SSSR count). The number of para-hydroxylation sites is 2. The first-order chi connectivity index (χ1) is 14.0. The van der Waals surface area contributed by atoms with E-state index in [1.165, 1.54) is 34.6 Å². The van der Waals surface area contributed by atoms with Gasteiger partial charge in [-0.1, -0.05) is 36.4 Å². The molecule has 0 radical (unpaired) electrons. The number of halogens is 1. The van der Waals surface area contributed by atoms with Gasteiger partial charge in [0.25, 0.3) is 0 Å². The first-order valence-corrected chi connectivity index (χ1v) is 11.2. The zero-order valence-corrected chi connectivity index (χ0v) is 16.8. The molecule has 6 heteroatoms. The molecule has 0 fully saturated rings. The summed E-state index contributed by atoms with van der Waals surface area (Å²) in [7, 11) is -3.64. The highest BCUT2D eigenvalue weighted by Gasteiger charge is 2.20. The quantitative estimate of drug-likeness (QED) is 0.612. The maximum absolute atomic E-state index is 13.0. The molecule has 0 aromatic heterocycles. The SMILES string of the molecule is O=S(=O)(NCCCN1c2ccccc2CCc2ccccc21)c1ccc(F)cc1. The molecule has 0 aliphatic carbocycles. The van der Waals surface area contributed by atoms with Gasteiger partial charge in [0.15, 0.2) is 0 Å². The van der Waals surface area contributed by atoms with Gasteiger partial charge in [0, 0.05) is 24.5 Å². The van der Waals surface area contributed by atoms with Crippen LogP contribution in [0.25, 0.3) is 0 Å². The summed E-state index contributed by atoms with van der Waals surface area (Å²) in [5.41, 5.74) is 4.96. The third-order valence-electron chi connectivity index (χ3n) is 5.20. The highest BCUT2D eigenvalue weighted by atomic mass is 32.2. The van der Waals surface area contributed by atoms with Gasteiger partial charge in [-0.25, -0.2) is 17.5 Å². The van der Waals surface area contributed by atoms with Crippen LogP contribution in [0.4, 0.5) is 15.8 Å². The van der Waals surface area contributed by atoms with Crippen molar-refractivity contribution in [3.63, 3.8) is 0 Å². The molecular formula is C23H23FN2O2S. The Labute approximate surface area is 171 Å². The Hall–Kier alpha value is -2.70. The third-order valence-corrected chi connectivity index (χ3v) is 6.68. The molecule has 0 atom stereocenters. The number of nitrogens with one attached hydrogen (secondary N) is 1. The molecule has 3 aromatic carbocycles. The first-order valence-electron chi connectivity index (χ1n) is 9.73. The Morgan fingerprint density at radius 2 is 1.38 bits per heavy atom. The maximum Gasteiger partial charge on any atom is 0.240 e. The fraction of sp³-hybridized carbons (Fsp3) is 0.217. The van der Waals surface area contributed by atoms with Crippen LogP contribution >= 0.6 is 0 Å². The number of aryl methyl sites for hydroxylation is 2. The van der Waals surface area contributed by atoms with E-state index in [1.54, 1.807) is 0 Å². The van der Waals surface area contributed by atoms with Crippen LogP contribution in [0.1, 0.15) is 17.5 Å². The van der Waals surface area contributed by atoms with E-state index in [9.17, 15) is 12.8 Å². The smallest absolute Gasteiger partial charge is 0.240 e. The number of sulfonamides is 1. The molecule has 1 N–H and O–H groups in total. The second-order valence-corrected chi connectivity index (χ2v) is 8.88. The predicted molar refractivity (Wildman–Crippen MR) is 114 cm³/mol. The zero-order valence-electron chi connectivity index (χ0n) is 16.0. The summed E-state index contributed by atoms with van der Waals surface area (Å²) in [6, 6.07) is 21.6. The average molecular weight is 411 g/mol. The van der Waals surface area contributed by atoms with Crippen LogP contribution in [0.3, 0.4) is 0 Å². The van der Waals surface area contributed by atoms with E-state index >= 15 is 0 Å². The van der Waals surface area contributed by atoms with E-state index in [2.05, 4.69) is 46.0 Å². The van der Waals surface area contributed by atoms with Crippen LogP contribution in [0, 0.1) is 5.82 Å². The maximum atomic E-state index is 13.0. The molecule has 3 aromatic rings. The minimum Gasteiger partial charge on any atom is -0.341 e. The number of benzene rings is 3. The van der Waals surface area contributed by atoms with Gasteiger partial charge in [-0.2, -0.15) is 0 Å². The second kappa shape index (κ2) is 8.35. The van der Waals surface area contributed by atoms with Gasteiger partial charge in [-0.05, 0) is 66.8 Å². The standard InChI is InChI=1S/C23H23FN2O2S/c24-20-12-14-21(15-13-20)29(27,28)25-16-5-17-26-22-8-3-1-6-18(22)10-11-19-7-2-4-9-23(19)26/h1-4,6-9,12-15,25H,5,10-11,16-17H2. The molecule has 1 heterocycles. The van der Waals surface area contributed by atoms with E-state index in [0.29, 0.717) is 19.5 Å². The topological polar surface area (TPSA) is 49.4 Å². The fourth-order valence-corrected chi connectivity index (χ4v) is 4.83. The zero-order chi connectivity index (χ0) is 20.3. The van der Waals surface area contributed by atoms with E-state index in [-0.39, 0.29) is 4.90 Å². The van der Waals surface area contributed by atoms with Crippen LogP contribution < -0.4 is 9.62 Å². The van der Waals surface area contributed by atoms with Crippen molar-refractivity contribution >= 4 is 21.4 Å². The summed E-state index contributed by atoms with van der Waals surface area (Å²) in [5, 5.41) is 0. The molecular weight excluding hydrogens is 387 g/mol. The van der Waals surface area contributed by atoms with Crippen molar-refractivity contribution in [2.45, 2.75) is 24.2 Å². The van der Waals surface area contributed by atoms with Crippen molar-refractivity contribution in [3.05, 3.63) is 89.7 Å². The Balaban J connectivity index is 1.48. The molecule has 29 heavy (non-hydrogen) atoms. The summed E-state index contributed by atoms with van der Waals surface area (Å²) in [4.78, 5) is 2.36. The number of fused-ring (bicyclic) bond motifs is 2. The van der Waals surface area contributed by atoms with Crippen molar-refractivity contribution in [1.82, 2.24) is 4.72 Å². The van der Waals surface area contributed by atoms with Crippen LogP contribution in [0.5, 0.6) is 0 Å². The second-order valence-electron chi connectivity index (χ2n) is 7.11. The number of rotatable bonds is 6. The van der Waals surface area contributed by atoms with Crippen LogP contribution in [-0.4, -0.2) is 21.5 Å². The van der Waals surface area contributed by atoms with Gasteiger partial charge in [-0.15, -0.1) is 0 Å². The van der Waals surface area contributed by atoms with Crippen molar-refractivity contribution in [1.29, 1.82) is 0 Å². The summed E-state index contributed by atoms with van der Waals surface area (Å²) in [6.07, 6.45) is 2.62. The van der Waals surface area contributed by atoms with Crippen molar-refractivity contribution < 1.29 is 12.8 Å². The van der Waals surface area contributed by atoms with Crippen molar-refractivity contribution in [2.75, 3.05) is 18.0 Å². The normalized spacial score (nSPS) is 13.5. The minimum absolute atomic E-state index is 0.0735. The summed E-state index contributed by atoms with van der Waals surface area (Å²) in [6.45, 7) is 1.00. The average Bonchev–Trinajstić information content (AvgIpc) is 2.89. The molecule has 0 spiro atoms. The minimum atomic E-state index is -3.64. The molecule has 0 saturated heterocycles. The molecule has 4 nitrogen and oxygen atoms in total. The summed E-state index contributed by atoms with van der Waals surface area (Å²) < 4.78 is 40.5. The Morgan fingerprint density at radius 1 is 0.828 bits per heavy atom. The summed E-state index contributed by atoms with van der Waals surface area (Å²) >= 11 is 0. The van der Waals surface area contributed by atoms with Gasteiger partial charge in [-0.3, -0.25) is 0 Å². The molecule has 0 bridgehead atoms. The Kier molecular flexibility index (Phi) is 5.65. The highest BCUT2D eigenvalue weighted by Crippen LogP contribution is 2.35. The predicted octanol–water partition coefficient (Wildman–Crippen LogP) is 4.43. The van der Waals surface area contributed by atoms with Crippen molar-refractivity contribution in [3.8, 4) is 0 Å². The molecule has 0 unspecified atom stereocenters. The Morgan fingerprint density at radius 3 is 1.97 bits per heavy atom. The molecule has 1 aliphatic heterocycles. The summed E-state index contributed by atoms with van der Waals surface area (Å²) in [5.74, 6) is -0.456. The highest BCUT2D eigenvalue weighted by molar-refractivity contribution is 7.89. The lowest BCUT2D eigenvalue weighted by Gasteiger charge is -2.27. The van der Waals surface area contributed by atoms with Gasteiger partial charge < -0.3 is 4.90 Å². The number of hydrogen-bond donors (Lipinski definition) is 1. The number of anilines is 2. The number of hydrogen-bond acceptors (Lipinski definition) is 3. The lowest BCUT2D eigenvalue weighted by Crippen LogP contribution is -2.28. The van der Waals surface area contributed by atoms with Gasteiger partial charge >= 0.3 is 0 Å². The van der Waals surface area contributed by atoms with Crippen molar-refractivity contribution in [2.24, 2.45) is 0 Å². The monoisotopic (exact) mass is 410 g/mol. The lowest BCUT2D eigenvalue weighted by atomic mass is 10.0. The Bertz CT molecular complexity index is 1050. The molecule has 0 amide bonds. The van der Waals surface area contributed by atoms with Gasteiger partial charge in [0.05, 0.1) is 4.90 Å². The first kappa shape index (κ1) is 19.6. The van der Waals surface area contributed by atoms with Gasteiger partial charge in [0.1, 0.15) is 5.82 Å².